The van der Waals surface area contributed by atoms with Gasteiger partial charge < -0.3 is 9.29 Å². The number of hydrogen-bond acceptors (Lipinski definition) is 4. The summed E-state index contributed by atoms with van der Waals surface area (Å²) < 4.78 is 39.4. The molecule has 6 heteroatoms. The van der Waals surface area contributed by atoms with E-state index in [1.807, 2.05) is 6.92 Å². The van der Waals surface area contributed by atoms with Crippen molar-refractivity contribution in [2.45, 2.75) is 24.7 Å². The van der Waals surface area contributed by atoms with Gasteiger partial charge in [-0.1, -0.05) is 31.5 Å². The van der Waals surface area contributed by atoms with Crippen molar-refractivity contribution >= 4 is 10.1 Å². The van der Waals surface area contributed by atoms with Crippen molar-refractivity contribution in [3.8, 4) is 16.9 Å². The molecule has 0 amide bonds. The van der Waals surface area contributed by atoms with Gasteiger partial charge in [-0.15, -0.1) is 0 Å². The number of methoxy groups -OCH3 is 1. The maximum atomic E-state index is 11.4. The van der Waals surface area contributed by atoms with E-state index in [9.17, 15) is 13.0 Å². The average molecular weight is 302 g/mol. The van der Waals surface area contributed by atoms with Crippen LogP contribution in [0.1, 0.15) is 18.9 Å². The molecule has 0 fully saturated rings. The van der Waals surface area contributed by atoms with Gasteiger partial charge in [0.1, 0.15) is 15.9 Å². The number of fused-ring (bicyclic) bond motifs is 1. The molecule has 2 aliphatic rings. The first-order valence-electron chi connectivity index (χ1n) is 6.03. The first-order chi connectivity index (χ1) is 8.99. The second-order valence-electron chi connectivity index (χ2n) is 4.31. The zero-order chi connectivity index (χ0) is 14.0. The van der Waals surface area contributed by atoms with Crippen LogP contribution in [-0.4, -0.2) is 20.1 Å². The zero-order valence-corrected chi connectivity index (χ0v) is 14.7. The van der Waals surface area contributed by atoms with Crippen molar-refractivity contribution in [1.82, 2.24) is 0 Å². The van der Waals surface area contributed by atoms with Crippen LogP contribution in [0.5, 0.6) is 5.75 Å². The van der Waals surface area contributed by atoms with E-state index in [2.05, 4.69) is 0 Å². The molecule has 2 rings (SSSR count). The first kappa shape index (κ1) is 17.5. The minimum Gasteiger partial charge on any atom is -0.744 e. The summed E-state index contributed by atoms with van der Waals surface area (Å²) in [6.45, 7) is 2.00. The Labute approximate surface area is 141 Å². The van der Waals surface area contributed by atoms with E-state index in [-0.39, 0.29) is 34.5 Å². The van der Waals surface area contributed by atoms with Crippen LogP contribution in [0.4, 0.5) is 0 Å². The molecule has 102 valence electrons. The second-order valence-corrected chi connectivity index (χ2v) is 5.66. The van der Waals surface area contributed by atoms with Crippen molar-refractivity contribution < 1.29 is 47.3 Å². The van der Waals surface area contributed by atoms with E-state index in [4.69, 9.17) is 4.74 Å². The van der Waals surface area contributed by atoms with Crippen LogP contribution < -0.4 is 34.3 Å². The van der Waals surface area contributed by atoms with Crippen molar-refractivity contribution in [2.24, 2.45) is 0 Å². The van der Waals surface area contributed by atoms with E-state index >= 15 is 0 Å². The Morgan fingerprint density at radius 3 is 2.45 bits per heavy atom. The minimum atomic E-state index is -4.49. The topological polar surface area (TPSA) is 66.4 Å². The maximum absolute atomic E-state index is 11.4. The Balaban J connectivity index is 0.00000200. The van der Waals surface area contributed by atoms with Crippen LogP contribution >= 0.6 is 0 Å². The maximum Gasteiger partial charge on any atom is 1.00 e. The fourth-order valence-corrected chi connectivity index (χ4v) is 3.01. The van der Waals surface area contributed by atoms with Crippen LogP contribution in [0, 0.1) is 0 Å². The van der Waals surface area contributed by atoms with Gasteiger partial charge in [0, 0.05) is 11.1 Å². The second kappa shape index (κ2) is 6.91. The van der Waals surface area contributed by atoms with Crippen molar-refractivity contribution in [3.05, 3.63) is 35.9 Å². The number of ether oxygens (including phenoxy) is 1. The smallest absolute Gasteiger partial charge is 0.744 e. The van der Waals surface area contributed by atoms with Gasteiger partial charge in [0.25, 0.3) is 0 Å². The molecule has 0 radical (unpaired) electrons. The summed E-state index contributed by atoms with van der Waals surface area (Å²) in [4.78, 5) is -0.166. The van der Waals surface area contributed by atoms with E-state index in [1.54, 1.807) is 24.3 Å². The van der Waals surface area contributed by atoms with Crippen LogP contribution in [0.2, 0.25) is 0 Å². The number of aryl methyl sites for hydroxylation is 1. The zero-order valence-electron chi connectivity index (χ0n) is 11.8. The number of rotatable bonds is 4. The molecule has 20 heavy (non-hydrogen) atoms. The molecule has 0 bridgehead atoms. The van der Waals surface area contributed by atoms with E-state index in [0.717, 1.165) is 12.0 Å². The quantitative estimate of drug-likeness (QED) is 0.572. The molecular formula is C14H15NaO4S. The van der Waals surface area contributed by atoms with Gasteiger partial charge in [-0.25, -0.2) is 8.42 Å². The average Bonchev–Trinajstić information content (AvgIpc) is 2.57. The van der Waals surface area contributed by atoms with Gasteiger partial charge >= 0.3 is 29.6 Å². The largest absolute Gasteiger partial charge is 1.00 e. The SMILES string of the molecule is CCCc1cc(S(=O)(=O)[O-])c2ccccc(OC)c1-2.[Na+]. The summed E-state index contributed by atoms with van der Waals surface area (Å²) in [6.07, 6.45) is 1.56. The molecule has 0 aromatic rings. The summed E-state index contributed by atoms with van der Waals surface area (Å²) in [5, 5.41) is 0. The van der Waals surface area contributed by atoms with Crippen molar-refractivity contribution in [3.63, 3.8) is 0 Å². The van der Waals surface area contributed by atoms with Gasteiger partial charge in [-0.05, 0) is 24.1 Å². The molecule has 0 heterocycles. The first-order valence-corrected chi connectivity index (χ1v) is 7.44. The molecule has 0 N–H and O–H groups in total. The molecule has 0 saturated carbocycles. The molecular weight excluding hydrogens is 287 g/mol. The van der Waals surface area contributed by atoms with Gasteiger partial charge in [0.05, 0.1) is 12.0 Å². The molecule has 0 aliphatic heterocycles. The third-order valence-corrected chi connectivity index (χ3v) is 3.91. The summed E-state index contributed by atoms with van der Waals surface area (Å²) in [7, 11) is -2.96. The van der Waals surface area contributed by atoms with E-state index < -0.39 is 10.1 Å². The van der Waals surface area contributed by atoms with Crippen LogP contribution in [0.25, 0.3) is 11.1 Å². The monoisotopic (exact) mass is 302 g/mol. The fourth-order valence-electron chi connectivity index (χ4n) is 2.28. The predicted octanol–water partition coefficient (Wildman–Crippen LogP) is -0.339. The molecule has 0 aromatic carbocycles. The summed E-state index contributed by atoms with van der Waals surface area (Å²) in [5.41, 5.74) is 1.98. The molecule has 0 aromatic heterocycles. The van der Waals surface area contributed by atoms with Gasteiger partial charge in [0.15, 0.2) is 0 Å². The van der Waals surface area contributed by atoms with Gasteiger partial charge in [-0.3, -0.25) is 0 Å². The Morgan fingerprint density at radius 2 is 1.90 bits per heavy atom. The Morgan fingerprint density at radius 1 is 1.25 bits per heavy atom. The summed E-state index contributed by atoms with van der Waals surface area (Å²) >= 11 is 0. The van der Waals surface area contributed by atoms with Crippen LogP contribution in [0.15, 0.2) is 35.2 Å². The molecule has 0 atom stereocenters. The molecule has 0 unspecified atom stereocenters. The van der Waals surface area contributed by atoms with E-state index in [1.165, 1.54) is 13.2 Å². The third kappa shape index (κ3) is 3.35. The van der Waals surface area contributed by atoms with Gasteiger partial charge in [-0.2, -0.15) is 0 Å². The Hall–Kier alpha value is -0.590. The van der Waals surface area contributed by atoms with Crippen LogP contribution in [-0.2, 0) is 16.5 Å². The summed E-state index contributed by atoms with van der Waals surface area (Å²) in [5.74, 6) is 0.582. The number of hydrogen-bond donors (Lipinski definition) is 0. The molecule has 2 aliphatic carbocycles. The van der Waals surface area contributed by atoms with Gasteiger partial charge in [0.2, 0.25) is 0 Å². The molecule has 4 nitrogen and oxygen atoms in total. The molecule has 0 spiro atoms. The Bertz CT molecular complexity index is 667. The molecule has 0 saturated heterocycles. The summed E-state index contributed by atoms with van der Waals surface area (Å²) in [6, 6.07) is 8.34. The van der Waals surface area contributed by atoms with Crippen LogP contribution in [0.3, 0.4) is 0 Å². The van der Waals surface area contributed by atoms with Crippen molar-refractivity contribution in [2.75, 3.05) is 7.11 Å². The predicted molar refractivity (Wildman–Crippen MR) is 71.6 cm³/mol. The fraction of sp³-hybridized carbons (Fsp3) is 0.286. The Kier molecular flexibility index (Phi) is 6.04. The third-order valence-electron chi connectivity index (χ3n) is 3.04. The standard InChI is InChI=1S/C14H16O4S.Na/c1-3-6-10-9-13(19(15,16)17)11-7-4-5-8-12(18-2)14(10)11;/h4-5,7-9H,3,6H2,1-2H3,(H,15,16,17);/q;+1/p-1. The van der Waals surface area contributed by atoms with E-state index in [0.29, 0.717) is 23.3 Å². The normalized spacial score (nSPS) is 11.2. The van der Waals surface area contributed by atoms with Crippen molar-refractivity contribution in [1.29, 1.82) is 0 Å². The minimum absolute atomic E-state index is 0.